The Bertz CT molecular complexity index is 1440. The molecule has 1 aromatic heterocycles. The van der Waals surface area contributed by atoms with Crippen LogP contribution in [0.15, 0.2) is 82.7 Å². The number of rotatable bonds is 7. The molecule has 0 amide bonds. The number of nitrogens with one attached hydrogen (secondary N) is 1. The molecule has 0 spiro atoms. The van der Waals surface area contributed by atoms with E-state index in [0.717, 1.165) is 17.8 Å². The van der Waals surface area contributed by atoms with E-state index in [-0.39, 0.29) is 10.8 Å². The summed E-state index contributed by atoms with van der Waals surface area (Å²) in [6, 6.07) is 22.2. The summed E-state index contributed by atoms with van der Waals surface area (Å²) in [5.41, 5.74) is 4.32. The Morgan fingerprint density at radius 1 is 0.941 bits per heavy atom. The first-order valence-electron chi connectivity index (χ1n) is 10.8. The lowest BCUT2D eigenvalue weighted by Crippen LogP contribution is -2.22. The molecule has 0 aliphatic carbocycles. The molecule has 2 N–H and O–H groups in total. The maximum atomic E-state index is 12.8. The van der Waals surface area contributed by atoms with Crippen molar-refractivity contribution >= 4 is 32.3 Å². The maximum Gasteiger partial charge on any atom is 0.242 e. The third-order valence-electron chi connectivity index (χ3n) is 5.49. The van der Waals surface area contributed by atoms with Crippen molar-refractivity contribution in [2.45, 2.75) is 11.4 Å². The zero-order valence-electron chi connectivity index (χ0n) is 19.6. The lowest BCUT2D eigenvalue weighted by atomic mass is 10.0. The molecule has 3 aromatic carbocycles. The van der Waals surface area contributed by atoms with Crippen LogP contribution in [0.4, 0.5) is 5.69 Å². The Hall–Kier alpha value is -3.46. The van der Waals surface area contributed by atoms with Crippen LogP contribution in [0.3, 0.4) is 0 Å². The minimum Gasteiger partial charge on any atom is -0.494 e. The number of nitrogens with zero attached hydrogens (tertiary/aromatic N) is 3. The number of hydrogen-bond donors (Lipinski definition) is 2. The monoisotopic (exact) mass is 476 g/mol. The van der Waals surface area contributed by atoms with Gasteiger partial charge in [-0.3, -0.25) is 0 Å². The third kappa shape index (κ3) is 4.75. The number of fused-ring (bicyclic) bond motifs is 1. The Balaban J connectivity index is 1.91. The predicted octanol–water partition coefficient (Wildman–Crippen LogP) is 4.35. The molecule has 8 heteroatoms. The van der Waals surface area contributed by atoms with Crippen LogP contribution in [0.25, 0.3) is 10.9 Å². The second kappa shape index (κ2) is 9.42. The van der Waals surface area contributed by atoms with Crippen molar-refractivity contribution in [2.24, 2.45) is 4.99 Å². The quantitative estimate of drug-likeness (QED) is 0.388. The molecular formula is C26H28N4O3S. The van der Waals surface area contributed by atoms with E-state index in [9.17, 15) is 13.5 Å². The van der Waals surface area contributed by atoms with Crippen molar-refractivity contribution in [3.63, 3.8) is 0 Å². The van der Waals surface area contributed by atoms with Gasteiger partial charge in [-0.2, -0.15) is 0 Å². The third-order valence-corrected chi connectivity index (χ3v) is 7.30. The largest absolute Gasteiger partial charge is 0.494 e. The van der Waals surface area contributed by atoms with E-state index in [1.165, 1.54) is 30.0 Å². The van der Waals surface area contributed by atoms with Gasteiger partial charge in [-0.05, 0) is 50.0 Å². The van der Waals surface area contributed by atoms with Gasteiger partial charge in [0.25, 0.3) is 0 Å². The van der Waals surface area contributed by atoms with Crippen LogP contribution in [0.2, 0.25) is 0 Å². The first-order valence-corrected chi connectivity index (χ1v) is 12.3. The van der Waals surface area contributed by atoms with Crippen molar-refractivity contribution in [2.75, 3.05) is 28.2 Å². The number of aromatic hydroxyl groups is 1. The molecule has 0 aliphatic heterocycles. The van der Waals surface area contributed by atoms with Gasteiger partial charge in [-0.1, -0.05) is 42.5 Å². The molecule has 0 saturated heterocycles. The van der Waals surface area contributed by atoms with Crippen LogP contribution in [0.5, 0.6) is 5.88 Å². The number of sulfonamides is 1. The van der Waals surface area contributed by atoms with Crippen molar-refractivity contribution in [3.05, 3.63) is 89.5 Å². The van der Waals surface area contributed by atoms with Gasteiger partial charge in [0.1, 0.15) is 0 Å². The Labute approximate surface area is 200 Å². The zero-order valence-corrected chi connectivity index (χ0v) is 20.5. The van der Waals surface area contributed by atoms with Crippen molar-refractivity contribution in [3.8, 4) is 5.88 Å². The molecule has 4 rings (SSSR count). The van der Waals surface area contributed by atoms with E-state index in [1.807, 2.05) is 68.7 Å². The van der Waals surface area contributed by atoms with E-state index >= 15 is 0 Å². The van der Waals surface area contributed by atoms with Crippen LogP contribution in [0, 0.1) is 0 Å². The first-order chi connectivity index (χ1) is 16.2. The van der Waals surface area contributed by atoms with Gasteiger partial charge in [-0.15, -0.1) is 0 Å². The molecule has 0 fully saturated rings. The average Bonchev–Trinajstić information content (AvgIpc) is 3.13. The highest BCUT2D eigenvalue weighted by Gasteiger charge is 2.23. The fourth-order valence-corrected chi connectivity index (χ4v) is 4.73. The molecule has 0 bridgehead atoms. The first kappa shape index (κ1) is 23.7. The Kier molecular flexibility index (Phi) is 6.56. The molecule has 0 unspecified atom stereocenters. The predicted molar refractivity (Wildman–Crippen MR) is 136 cm³/mol. The number of aliphatic imine (C=N–C) groups is 1. The molecule has 0 saturated carbocycles. The minimum absolute atomic E-state index is 0.0683. The SMILES string of the molecule is CN(C)Cc1ccc(N=C(c2ccccc2)c2c(O)[nH]c3ccc(S(=O)(=O)N(C)C)cc23)cc1. The van der Waals surface area contributed by atoms with Gasteiger partial charge < -0.3 is 15.0 Å². The molecule has 1 heterocycles. The molecule has 4 aromatic rings. The van der Waals surface area contributed by atoms with Gasteiger partial charge in [-0.25, -0.2) is 17.7 Å². The second-order valence-electron chi connectivity index (χ2n) is 8.57. The van der Waals surface area contributed by atoms with Crippen LogP contribution in [0.1, 0.15) is 16.7 Å². The molecule has 0 atom stereocenters. The van der Waals surface area contributed by atoms with Crippen molar-refractivity contribution < 1.29 is 13.5 Å². The minimum atomic E-state index is -3.65. The van der Waals surface area contributed by atoms with Gasteiger partial charge in [0.15, 0.2) is 5.88 Å². The maximum absolute atomic E-state index is 12.8. The summed E-state index contributed by atoms with van der Waals surface area (Å²) >= 11 is 0. The van der Waals surface area contributed by atoms with Crippen LogP contribution in [-0.2, 0) is 16.6 Å². The molecule has 7 nitrogen and oxygen atoms in total. The summed E-state index contributed by atoms with van der Waals surface area (Å²) < 4.78 is 26.7. The van der Waals surface area contributed by atoms with Gasteiger partial charge in [0.05, 0.1) is 21.9 Å². The fourth-order valence-electron chi connectivity index (χ4n) is 3.80. The van der Waals surface area contributed by atoms with Gasteiger partial charge in [0, 0.05) is 37.1 Å². The van der Waals surface area contributed by atoms with Crippen LogP contribution < -0.4 is 0 Å². The zero-order chi connectivity index (χ0) is 24.5. The second-order valence-corrected chi connectivity index (χ2v) is 10.7. The van der Waals surface area contributed by atoms with Gasteiger partial charge >= 0.3 is 0 Å². The number of H-pyrrole nitrogens is 1. The topological polar surface area (TPSA) is 89.0 Å². The summed E-state index contributed by atoms with van der Waals surface area (Å²) in [5.74, 6) is -0.0683. The summed E-state index contributed by atoms with van der Waals surface area (Å²) in [7, 11) is 3.37. The highest BCUT2D eigenvalue weighted by atomic mass is 32.2. The molecule has 176 valence electrons. The summed E-state index contributed by atoms with van der Waals surface area (Å²) in [6.07, 6.45) is 0. The average molecular weight is 477 g/mol. The molecule has 34 heavy (non-hydrogen) atoms. The highest BCUT2D eigenvalue weighted by Crippen LogP contribution is 2.33. The molecule has 0 aliphatic rings. The van der Waals surface area contributed by atoms with Crippen LogP contribution in [-0.4, -0.2) is 61.6 Å². The Morgan fingerprint density at radius 2 is 1.62 bits per heavy atom. The standard InChI is InChI=1S/C26H28N4O3S/c1-29(2)17-18-10-12-20(13-11-18)27-25(19-8-6-5-7-9-19)24-22-16-21(34(32,33)30(3)4)14-15-23(22)28-26(24)31/h5-16,28,31H,17H2,1-4H3. The molecule has 0 radical (unpaired) electrons. The number of aromatic nitrogens is 1. The van der Waals surface area contributed by atoms with E-state index < -0.39 is 10.0 Å². The van der Waals surface area contributed by atoms with E-state index in [4.69, 9.17) is 4.99 Å². The Morgan fingerprint density at radius 3 is 2.24 bits per heavy atom. The molecular weight excluding hydrogens is 448 g/mol. The lowest BCUT2D eigenvalue weighted by Gasteiger charge is -2.12. The number of aromatic amines is 1. The number of hydrogen-bond acceptors (Lipinski definition) is 5. The van der Waals surface area contributed by atoms with Crippen molar-refractivity contribution in [1.82, 2.24) is 14.2 Å². The van der Waals surface area contributed by atoms with Gasteiger partial charge in [0.2, 0.25) is 10.0 Å². The van der Waals surface area contributed by atoms with E-state index in [0.29, 0.717) is 22.2 Å². The lowest BCUT2D eigenvalue weighted by molar-refractivity contribution is 0.402. The smallest absolute Gasteiger partial charge is 0.242 e. The normalized spacial score (nSPS) is 12.7. The van der Waals surface area contributed by atoms with E-state index in [1.54, 1.807) is 12.1 Å². The van der Waals surface area contributed by atoms with Crippen molar-refractivity contribution in [1.29, 1.82) is 0 Å². The summed E-state index contributed by atoms with van der Waals surface area (Å²) in [4.78, 5) is 10.1. The highest BCUT2D eigenvalue weighted by molar-refractivity contribution is 7.89. The fraction of sp³-hybridized carbons (Fsp3) is 0.192. The van der Waals surface area contributed by atoms with E-state index in [2.05, 4.69) is 9.88 Å². The summed E-state index contributed by atoms with van der Waals surface area (Å²) in [5, 5.41) is 11.5. The van der Waals surface area contributed by atoms with Crippen LogP contribution >= 0.6 is 0 Å². The number of benzene rings is 3. The summed E-state index contributed by atoms with van der Waals surface area (Å²) in [6.45, 7) is 0.821.